The van der Waals surface area contributed by atoms with Crippen molar-refractivity contribution in [2.24, 2.45) is 0 Å². The number of aromatic nitrogens is 2. The molecule has 3 aromatic rings. The van der Waals surface area contributed by atoms with E-state index >= 15 is 0 Å². The fourth-order valence-corrected chi connectivity index (χ4v) is 4.44. The van der Waals surface area contributed by atoms with Crippen LogP contribution >= 0.6 is 0 Å². The van der Waals surface area contributed by atoms with Gasteiger partial charge in [-0.1, -0.05) is 12.1 Å². The van der Waals surface area contributed by atoms with Gasteiger partial charge in [-0.25, -0.2) is 13.4 Å². The molecule has 0 aliphatic carbocycles. The van der Waals surface area contributed by atoms with Crippen molar-refractivity contribution in [1.82, 2.24) is 9.97 Å². The summed E-state index contributed by atoms with van der Waals surface area (Å²) >= 11 is 0. The molecule has 1 aromatic carbocycles. The van der Waals surface area contributed by atoms with E-state index in [1.807, 2.05) is 24.3 Å². The number of hydrogen-bond acceptors (Lipinski definition) is 4. The molecule has 2 aromatic heterocycles. The van der Waals surface area contributed by atoms with Gasteiger partial charge in [0.1, 0.15) is 5.65 Å². The summed E-state index contributed by atoms with van der Waals surface area (Å²) in [5.41, 5.74) is 3.04. The zero-order chi connectivity index (χ0) is 18.9. The summed E-state index contributed by atoms with van der Waals surface area (Å²) in [6, 6.07) is 13.3. The molecular formula is C21H24N2O3S. The van der Waals surface area contributed by atoms with E-state index in [2.05, 4.69) is 16.0 Å². The molecule has 0 radical (unpaired) electrons. The SMILES string of the molecule is CS(=O)(=O)c1ccc([C@@H](C[C@@H]2CCCCO2)c2cc3cccnc3[nH]2)cc1. The van der Waals surface area contributed by atoms with Crippen molar-refractivity contribution in [2.75, 3.05) is 12.9 Å². The molecule has 142 valence electrons. The van der Waals surface area contributed by atoms with Crippen molar-refractivity contribution in [2.45, 2.75) is 42.6 Å². The Hall–Kier alpha value is -2.18. The lowest BCUT2D eigenvalue weighted by molar-refractivity contribution is 0.00876. The largest absolute Gasteiger partial charge is 0.378 e. The third kappa shape index (κ3) is 4.06. The van der Waals surface area contributed by atoms with Crippen LogP contribution in [0.25, 0.3) is 11.0 Å². The molecule has 1 aliphatic rings. The smallest absolute Gasteiger partial charge is 0.175 e. The van der Waals surface area contributed by atoms with Gasteiger partial charge in [-0.05, 0) is 61.6 Å². The summed E-state index contributed by atoms with van der Waals surface area (Å²) in [4.78, 5) is 8.19. The van der Waals surface area contributed by atoms with E-state index in [-0.39, 0.29) is 12.0 Å². The molecular weight excluding hydrogens is 360 g/mol. The van der Waals surface area contributed by atoms with Crippen molar-refractivity contribution < 1.29 is 13.2 Å². The maximum absolute atomic E-state index is 11.8. The van der Waals surface area contributed by atoms with Gasteiger partial charge in [0, 0.05) is 36.1 Å². The average Bonchev–Trinajstić information content (AvgIpc) is 3.10. The van der Waals surface area contributed by atoms with Crippen LogP contribution < -0.4 is 0 Å². The number of hydrogen-bond donors (Lipinski definition) is 1. The minimum atomic E-state index is -3.20. The maximum Gasteiger partial charge on any atom is 0.175 e. The number of ether oxygens (including phenoxy) is 1. The van der Waals surface area contributed by atoms with Gasteiger partial charge in [-0.15, -0.1) is 0 Å². The minimum absolute atomic E-state index is 0.107. The molecule has 1 fully saturated rings. The average molecular weight is 385 g/mol. The molecule has 1 saturated heterocycles. The molecule has 0 bridgehead atoms. The molecule has 1 aliphatic heterocycles. The third-order valence-corrected chi connectivity index (χ3v) is 6.40. The van der Waals surface area contributed by atoms with Gasteiger partial charge in [0.25, 0.3) is 0 Å². The summed E-state index contributed by atoms with van der Waals surface area (Å²) in [6.45, 7) is 0.818. The van der Waals surface area contributed by atoms with Gasteiger partial charge in [0.05, 0.1) is 11.0 Å². The zero-order valence-corrected chi connectivity index (χ0v) is 16.2. The van der Waals surface area contributed by atoms with Crippen molar-refractivity contribution in [3.05, 3.63) is 59.9 Å². The molecule has 0 unspecified atom stereocenters. The van der Waals surface area contributed by atoms with Gasteiger partial charge in [-0.2, -0.15) is 0 Å². The normalized spacial score (nSPS) is 19.2. The predicted octanol–water partition coefficient (Wildman–Crippen LogP) is 4.06. The summed E-state index contributed by atoms with van der Waals surface area (Å²) in [6.07, 6.45) is 7.49. The number of pyridine rings is 1. The highest BCUT2D eigenvalue weighted by Gasteiger charge is 2.24. The molecule has 2 atom stereocenters. The van der Waals surface area contributed by atoms with E-state index in [1.165, 1.54) is 12.7 Å². The van der Waals surface area contributed by atoms with Crippen molar-refractivity contribution in [1.29, 1.82) is 0 Å². The molecule has 5 nitrogen and oxygen atoms in total. The summed E-state index contributed by atoms with van der Waals surface area (Å²) < 4.78 is 29.5. The lowest BCUT2D eigenvalue weighted by atomic mass is 9.88. The van der Waals surface area contributed by atoms with Crippen LogP contribution in [0, 0.1) is 0 Å². The van der Waals surface area contributed by atoms with Gasteiger partial charge < -0.3 is 9.72 Å². The second kappa shape index (κ2) is 7.44. The minimum Gasteiger partial charge on any atom is -0.378 e. The number of nitrogens with one attached hydrogen (secondary N) is 1. The Bertz CT molecular complexity index is 986. The number of sulfone groups is 1. The van der Waals surface area contributed by atoms with Crippen LogP contribution in [-0.4, -0.2) is 37.4 Å². The second-order valence-electron chi connectivity index (χ2n) is 7.28. The molecule has 27 heavy (non-hydrogen) atoms. The monoisotopic (exact) mass is 384 g/mol. The molecule has 1 N–H and O–H groups in total. The van der Waals surface area contributed by atoms with Crippen LogP contribution in [0.2, 0.25) is 0 Å². The lowest BCUT2D eigenvalue weighted by Gasteiger charge is -2.27. The number of benzene rings is 1. The predicted molar refractivity (Wildman–Crippen MR) is 106 cm³/mol. The van der Waals surface area contributed by atoms with Crippen LogP contribution in [0.5, 0.6) is 0 Å². The van der Waals surface area contributed by atoms with E-state index in [0.717, 1.165) is 48.2 Å². The van der Waals surface area contributed by atoms with Crippen LogP contribution in [0.15, 0.2) is 53.6 Å². The van der Waals surface area contributed by atoms with Crippen molar-refractivity contribution >= 4 is 20.9 Å². The summed E-state index contributed by atoms with van der Waals surface area (Å²) in [7, 11) is -3.20. The highest BCUT2D eigenvalue weighted by Crippen LogP contribution is 2.34. The van der Waals surface area contributed by atoms with Crippen molar-refractivity contribution in [3.63, 3.8) is 0 Å². The molecule has 4 rings (SSSR count). The molecule has 3 heterocycles. The Labute approximate surface area is 159 Å². The lowest BCUT2D eigenvalue weighted by Crippen LogP contribution is -2.22. The number of fused-ring (bicyclic) bond motifs is 1. The van der Waals surface area contributed by atoms with E-state index in [1.54, 1.807) is 18.3 Å². The van der Waals surface area contributed by atoms with E-state index in [9.17, 15) is 8.42 Å². The van der Waals surface area contributed by atoms with Gasteiger partial charge >= 0.3 is 0 Å². The van der Waals surface area contributed by atoms with Crippen molar-refractivity contribution in [3.8, 4) is 0 Å². The van der Waals surface area contributed by atoms with Gasteiger partial charge in [0.2, 0.25) is 0 Å². The fourth-order valence-electron chi connectivity index (χ4n) is 3.81. The van der Waals surface area contributed by atoms with Crippen LogP contribution in [0.1, 0.15) is 42.9 Å². The summed E-state index contributed by atoms with van der Waals surface area (Å²) in [5, 5.41) is 1.08. The summed E-state index contributed by atoms with van der Waals surface area (Å²) in [5.74, 6) is 0.107. The Balaban J connectivity index is 1.70. The molecule has 0 spiro atoms. The highest BCUT2D eigenvalue weighted by molar-refractivity contribution is 7.90. The molecule has 6 heteroatoms. The number of rotatable bonds is 5. The quantitative estimate of drug-likeness (QED) is 0.720. The van der Waals surface area contributed by atoms with Gasteiger partial charge in [-0.3, -0.25) is 0 Å². The van der Waals surface area contributed by atoms with Crippen LogP contribution in [0.3, 0.4) is 0 Å². The number of H-pyrrole nitrogens is 1. The van der Waals surface area contributed by atoms with Crippen LogP contribution in [-0.2, 0) is 14.6 Å². The molecule has 0 saturated carbocycles. The fraction of sp³-hybridized carbons (Fsp3) is 0.381. The topological polar surface area (TPSA) is 72.1 Å². The number of aromatic amines is 1. The Morgan fingerprint density at radius 1 is 1.22 bits per heavy atom. The van der Waals surface area contributed by atoms with E-state index < -0.39 is 9.84 Å². The number of nitrogens with zero attached hydrogens (tertiary/aromatic N) is 1. The van der Waals surface area contributed by atoms with Gasteiger partial charge in [0.15, 0.2) is 9.84 Å². The Morgan fingerprint density at radius 3 is 2.70 bits per heavy atom. The Morgan fingerprint density at radius 2 is 2.04 bits per heavy atom. The van der Waals surface area contributed by atoms with E-state index in [0.29, 0.717) is 4.90 Å². The standard InChI is InChI=1S/C21H24N2O3S/c1-27(24,25)18-9-7-15(8-10-18)19(14-17-6-2-3-12-26-17)20-13-16-5-4-11-22-21(16)23-20/h4-5,7-11,13,17,19H,2-3,6,12,14H2,1H3,(H,22,23)/t17-,19+/m0/s1. The first-order valence-corrected chi connectivity index (χ1v) is 11.2. The first-order chi connectivity index (χ1) is 13.0. The first kappa shape index (κ1) is 18.2. The molecule has 0 amide bonds. The van der Waals surface area contributed by atoms with Crippen LogP contribution in [0.4, 0.5) is 0 Å². The highest BCUT2D eigenvalue weighted by atomic mass is 32.2. The first-order valence-electron chi connectivity index (χ1n) is 9.36. The zero-order valence-electron chi connectivity index (χ0n) is 15.4. The Kier molecular flexibility index (Phi) is 5.02. The third-order valence-electron chi connectivity index (χ3n) is 5.27. The van der Waals surface area contributed by atoms with E-state index in [4.69, 9.17) is 4.74 Å². The second-order valence-corrected chi connectivity index (χ2v) is 9.30. The maximum atomic E-state index is 11.8.